The first-order valence-corrected chi connectivity index (χ1v) is 9.44. The number of hydrogen-bond acceptors (Lipinski definition) is 2. The molecule has 148 valence electrons. The Hall–Kier alpha value is -2.34. The van der Waals surface area contributed by atoms with Crippen molar-refractivity contribution in [3.8, 4) is 11.1 Å². The van der Waals surface area contributed by atoms with Crippen LogP contribution >= 0.6 is 0 Å². The van der Waals surface area contributed by atoms with Gasteiger partial charge in [0.05, 0.1) is 0 Å². The molecule has 0 saturated carbocycles. The van der Waals surface area contributed by atoms with Gasteiger partial charge in [-0.15, -0.1) is 0 Å². The van der Waals surface area contributed by atoms with Crippen molar-refractivity contribution in [2.45, 2.75) is 37.8 Å². The third-order valence-corrected chi connectivity index (χ3v) is 5.77. The number of carbonyl (C=O) groups excluding carboxylic acids is 1. The van der Waals surface area contributed by atoms with Gasteiger partial charge in [-0.1, -0.05) is 35.9 Å². The largest absolute Gasteiger partial charge is 0.397 e. The first-order valence-electron chi connectivity index (χ1n) is 9.44. The highest BCUT2D eigenvalue weighted by molar-refractivity contribution is 5.97. The summed E-state index contributed by atoms with van der Waals surface area (Å²) >= 11 is 0. The van der Waals surface area contributed by atoms with Gasteiger partial charge in [0, 0.05) is 30.9 Å². The molecule has 0 bridgehead atoms. The van der Waals surface area contributed by atoms with Crippen molar-refractivity contribution in [2.24, 2.45) is 0 Å². The van der Waals surface area contributed by atoms with Crippen LogP contribution in [0, 0.1) is 6.92 Å². The van der Waals surface area contributed by atoms with Crippen LogP contribution in [0.3, 0.4) is 0 Å². The van der Waals surface area contributed by atoms with Gasteiger partial charge in [0.1, 0.15) is 6.42 Å². The molecule has 0 radical (unpaired) electrons. The Labute approximate surface area is 162 Å². The number of hydrogen-bond donors (Lipinski definition) is 0. The summed E-state index contributed by atoms with van der Waals surface area (Å²) in [6.45, 7) is 3.41. The maximum atomic E-state index is 12.8. The highest BCUT2D eigenvalue weighted by Crippen LogP contribution is 2.48. The van der Waals surface area contributed by atoms with Crippen LogP contribution in [-0.4, -0.2) is 31.8 Å². The van der Waals surface area contributed by atoms with Crippen LogP contribution in [0.2, 0.25) is 0 Å². The Morgan fingerprint density at radius 2 is 1.82 bits per heavy atom. The number of carbonyl (C=O) groups is 1. The van der Waals surface area contributed by atoms with Crippen molar-refractivity contribution in [3.63, 3.8) is 0 Å². The first kappa shape index (κ1) is 19.0. The molecule has 0 unspecified atom stereocenters. The molecule has 6 heteroatoms. The van der Waals surface area contributed by atoms with E-state index >= 15 is 0 Å². The lowest BCUT2D eigenvalue weighted by molar-refractivity contribution is -0.152. The van der Waals surface area contributed by atoms with E-state index in [1.165, 1.54) is 4.90 Å². The molecule has 3 nitrogen and oxygen atoms in total. The fraction of sp³-hybridized carbons (Fsp3) is 0.409. The summed E-state index contributed by atoms with van der Waals surface area (Å²) in [7, 11) is 0. The molecule has 0 aliphatic carbocycles. The van der Waals surface area contributed by atoms with Crippen molar-refractivity contribution in [2.75, 3.05) is 24.7 Å². The Bertz CT molecular complexity index is 901. The number of nitrogens with zero attached hydrogens (tertiary/aromatic N) is 1. The molecule has 1 spiro atoms. The van der Waals surface area contributed by atoms with Gasteiger partial charge >= 0.3 is 6.18 Å². The van der Waals surface area contributed by atoms with Gasteiger partial charge in [0.25, 0.3) is 0 Å². The van der Waals surface area contributed by atoms with E-state index in [9.17, 15) is 18.0 Å². The van der Waals surface area contributed by atoms with Crippen LogP contribution in [0.15, 0.2) is 42.5 Å². The molecular weight excluding hydrogens is 367 g/mol. The maximum Gasteiger partial charge on any atom is 0.397 e. The van der Waals surface area contributed by atoms with Gasteiger partial charge in [-0.05, 0) is 48.6 Å². The topological polar surface area (TPSA) is 29.5 Å². The normalized spacial score (nSPS) is 18.4. The number of ether oxygens (including phenoxy) is 1. The Morgan fingerprint density at radius 3 is 2.50 bits per heavy atom. The summed E-state index contributed by atoms with van der Waals surface area (Å²) in [5.41, 5.74) is 4.44. The second kappa shape index (κ2) is 6.92. The summed E-state index contributed by atoms with van der Waals surface area (Å²) in [5, 5.41) is 0. The molecule has 0 aromatic heterocycles. The number of amides is 1. The third-order valence-electron chi connectivity index (χ3n) is 5.77. The zero-order valence-corrected chi connectivity index (χ0v) is 15.7. The average molecular weight is 389 g/mol. The number of anilines is 1. The second-order valence-corrected chi connectivity index (χ2v) is 7.77. The molecule has 1 saturated heterocycles. The van der Waals surface area contributed by atoms with Crippen molar-refractivity contribution in [1.29, 1.82) is 0 Å². The van der Waals surface area contributed by atoms with Gasteiger partial charge in [-0.3, -0.25) is 4.79 Å². The Kier molecular flexibility index (Phi) is 4.70. The molecule has 0 atom stereocenters. The number of fused-ring (bicyclic) bond motifs is 2. The smallest absolute Gasteiger partial charge is 0.381 e. The number of alkyl halides is 3. The monoisotopic (exact) mass is 389 g/mol. The quantitative estimate of drug-likeness (QED) is 0.723. The molecule has 1 amide bonds. The molecule has 28 heavy (non-hydrogen) atoms. The summed E-state index contributed by atoms with van der Waals surface area (Å²) in [5.74, 6) is -0.888. The van der Waals surface area contributed by atoms with E-state index in [2.05, 4.69) is 12.1 Å². The summed E-state index contributed by atoms with van der Waals surface area (Å²) in [6, 6.07) is 13.9. The van der Waals surface area contributed by atoms with E-state index in [0.29, 0.717) is 31.7 Å². The van der Waals surface area contributed by atoms with Gasteiger partial charge in [-0.25, -0.2) is 0 Å². The van der Waals surface area contributed by atoms with Crippen LogP contribution in [0.4, 0.5) is 18.9 Å². The second-order valence-electron chi connectivity index (χ2n) is 7.77. The van der Waals surface area contributed by atoms with Crippen molar-refractivity contribution in [3.05, 3.63) is 53.6 Å². The van der Waals surface area contributed by atoms with Crippen LogP contribution < -0.4 is 4.90 Å². The van der Waals surface area contributed by atoms with E-state index in [4.69, 9.17) is 4.74 Å². The van der Waals surface area contributed by atoms with E-state index in [-0.39, 0.29) is 12.0 Å². The van der Waals surface area contributed by atoms with E-state index in [0.717, 1.165) is 22.3 Å². The molecule has 2 aliphatic rings. The lowest BCUT2D eigenvalue weighted by atomic mass is 9.75. The SMILES string of the molecule is Cc1cccc(-c2ccc3c(c2)C2(CCOCC2)CN3C(=O)CC(F)(F)F)c1. The van der Waals surface area contributed by atoms with Crippen molar-refractivity contribution >= 4 is 11.6 Å². The molecule has 4 rings (SSSR count). The predicted molar refractivity (Wildman–Crippen MR) is 101 cm³/mol. The van der Waals surface area contributed by atoms with Gasteiger partial charge < -0.3 is 9.64 Å². The molecule has 0 N–H and O–H groups in total. The minimum Gasteiger partial charge on any atom is -0.381 e. The highest BCUT2D eigenvalue weighted by atomic mass is 19.4. The summed E-state index contributed by atoms with van der Waals surface area (Å²) in [4.78, 5) is 13.8. The lowest BCUT2D eigenvalue weighted by Gasteiger charge is -2.34. The molecule has 2 aromatic rings. The fourth-order valence-corrected chi connectivity index (χ4v) is 4.35. The fourth-order valence-electron chi connectivity index (χ4n) is 4.35. The number of benzene rings is 2. The van der Waals surface area contributed by atoms with E-state index in [1.54, 1.807) is 6.07 Å². The van der Waals surface area contributed by atoms with E-state index in [1.807, 2.05) is 31.2 Å². The number of halogens is 3. The average Bonchev–Trinajstić information content (AvgIpc) is 2.95. The lowest BCUT2D eigenvalue weighted by Crippen LogP contribution is -2.41. The Balaban J connectivity index is 1.76. The van der Waals surface area contributed by atoms with Gasteiger partial charge in [0.2, 0.25) is 5.91 Å². The number of rotatable bonds is 2. The van der Waals surface area contributed by atoms with E-state index < -0.39 is 18.5 Å². The highest BCUT2D eigenvalue weighted by Gasteiger charge is 2.47. The number of aryl methyl sites for hydroxylation is 1. The minimum absolute atomic E-state index is 0.290. The van der Waals surface area contributed by atoms with Crippen molar-refractivity contribution < 1.29 is 22.7 Å². The molecule has 2 aromatic carbocycles. The standard InChI is InChI=1S/C22H22F3NO2/c1-15-3-2-4-16(11-15)17-5-6-19-18(12-17)21(7-9-28-10-8-21)14-26(19)20(27)13-22(23,24)25/h2-6,11-12H,7-10,13-14H2,1H3. The maximum absolute atomic E-state index is 12.8. The third kappa shape index (κ3) is 3.53. The van der Waals surface area contributed by atoms with Crippen LogP contribution in [0.5, 0.6) is 0 Å². The summed E-state index contributed by atoms with van der Waals surface area (Å²) in [6.07, 6.45) is -4.54. The first-order chi connectivity index (χ1) is 13.3. The molecule has 2 aliphatic heterocycles. The van der Waals surface area contributed by atoms with Crippen LogP contribution in [-0.2, 0) is 14.9 Å². The predicted octanol–water partition coefficient (Wildman–Crippen LogP) is 5.01. The zero-order valence-electron chi connectivity index (χ0n) is 15.7. The van der Waals surface area contributed by atoms with Gasteiger partial charge in [-0.2, -0.15) is 13.2 Å². The van der Waals surface area contributed by atoms with Crippen LogP contribution in [0.25, 0.3) is 11.1 Å². The van der Waals surface area contributed by atoms with Crippen LogP contribution in [0.1, 0.15) is 30.4 Å². The zero-order chi connectivity index (χ0) is 19.9. The molecular formula is C22H22F3NO2. The van der Waals surface area contributed by atoms with Gasteiger partial charge in [0.15, 0.2) is 0 Å². The molecule has 1 fully saturated rings. The molecule has 2 heterocycles. The minimum atomic E-state index is -4.51. The Morgan fingerprint density at radius 1 is 1.11 bits per heavy atom. The summed E-state index contributed by atoms with van der Waals surface area (Å²) < 4.78 is 44.0. The van der Waals surface area contributed by atoms with Crippen molar-refractivity contribution in [1.82, 2.24) is 0 Å².